The number of fused-ring (bicyclic) bond motifs is 1. The standard InChI is InChI=1S/C35H30N2O7S/c1-4-43-28-18-23(12-17-27(28)44-20-21-8-6-5-7-9-21)31-30(32(38)22-10-13-24(41-2)14-11-22)33(39)34(40)37(31)35-36-26-16-15-25(42-3)19-29(26)45-35/h5-19,31,38H,4,20H2,1-3H3/b32-30+. The van der Waals surface area contributed by atoms with Crippen molar-refractivity contribution in [1.82, 2.24) is 4.98 Å². The molecular weight excluding hydrogens is 592 g/mol. The number of methoxy groups -OCH3 is 2. The first kappa shape index (κ1) is 29.7. The molecule has 1 amide bonds. The fraction of sp³-hybridized carbons (Fsp3) is 0.171. The molecule has 1 saturated heterocycles. The first-order chi connectivity index (χ1) is 21.9. The van der Waals surface area contributed by atoms with E-state index < -0.39 is 17.7 Å². The van der Waals surface area contributed by atoms with Crippen molar-refractivity contribution in [3.63, 3.8) is 0 Å². The van der Waals surface area contributed by atoms with Crippen LogP contribution in [0.4, 0.5) is 5.13 Å². The van der Waals surface area contributed by atoms with Gasteiger partial charge in [0, 0.05) is 5.56 Å². The Hall–Kier alpha value is -5.35. The predicted molar refractivity (Wildman–Crippen MR) is 172 cm³/mol. The maximum atomic E-state index is 13.8. The topological polar surface area (TPSA) is 107 Å². The summed E-state index contributed by atoms with van der Waals surface area (Å²) in [5, 5.41) is 11.9. The van der Waals surface area contributed by atoms with E-state index in [0.717, 1.165) is 10.3 Å². The number of ether oxygens (including phenoxy) is 4. The number of ketones is 1. The highest BCUT2D eigenvalue weighted by Gasteiger charge is 2.48. The maximum Gasteiger partial charge on any atom is 0.301 e. The van der Waals surface area contributed by atoms with Crippen LogP contribution in [0.25, 0.3) is 16.0 Å². The molecule has 0 radical (unpaired) electrons. The maximum absolute atomic E-state index is 13.8. The molecule has 10 heteroatoms. The number of benzene rings is 4. The number of carbonyl (C=O) groups excluding carboxylic acids is 2. The fourth-order valence-electron chi connectivity index (χ4n) is 5.19. The number of anilines is 1. The molecule has 45 heavy (non-hydrogen) atoms. The van der Waals surface area contributed by atoms with Crippen LogP contribution in [0, 0.1) is 0 Å². The second kappa shape index (κ2) is 12.7. The van der Waals surface area contributed by atoms with E-state index >= 15 is 0 Å². The Morgan fingerprint density at radius 1 is 0.867 bits per heavy atom. The summed E-state index contributed by atoms with van der Waals surface area (Å²) in [7, 11) is 3.11. The summed E-state index contributed by atoms with van der Waals surface area (Å²) in [6, 6.07) is 26.0. The van der Waals surface area contributed by atoms with Crippen LogP contribution in [-0.4, -0.2) is 42.6 Å². The Labute approximate surface area is 263 Å². The molecule has 1 unspecified atom stereocenters. The molecule has 4 aromatic carbocycles. The van der Waals surface area contributed by atoms with Crippen LogP contribution in [0.1, 0.15) is 29.7 Å². The summed E-state index contributed by atoms with van der Waals surface area (Å²) in [6.07, 6.45) is 0. The van der Waals surface area contributed by atoms with E-state index in [1.54, 1.807) is 61.7 Å². The van der Waals surface area contributed by atoms with Crippen LogP contribution >= 0.6 is 11.3 Å². The van der Waals surface area contributed by atoms with Gasteiger partial charge in [0.05, 0.1) is 42.7 Å². The van der Waals surface area contributed by atoms with Gasteiger partial charge in [-0.25, -0.2) is 4.98 Å². The summed E-state index contributed by atoms with van der Waals surface area (Å²) < 4.78 is 23.5. The number of hydrogen-bond acceptors (Lipinski definition) is 9. The van der Waals surface area contributed by atoms with E-state index in [2.05, 4.69) is 0 Å². The van der Waals surface area contributed by atoms with Gasteiger partial charge in [0.2, 0.25) is 0 Å². The number of rotatable bonds is 10. The minimum absolute atomic E-state index is 0.0672. The molecule has 1 aliphatic rings. The van der Waals surface area contributed by atoms with Crippen LogP contribution < -0.4 is 23.8 Å². The van der Waals surface area contributed by atoms with Gasteiger partial charge in [-0.15, -0.1) is 0 Å². The summed E-state index contributed by atoms with van der Waals surface area (Å²) in [4.78, 5) is 33.5. The third kappa shape index (κ3) is 5.80. The molecule has 1 N–H and O–H groups in total. The average Bonchev–Trinajstić information content (AvgIpc) is 3.61. The molecule has 9 nitrogen and oxygen atoms in total. The van der Waals surface area contributed by atoms with Crippen molar-refractivity contribution in [2.75, 3.05) is 25.7 Å². The molecule has 5 aromatic rings. The van der Waals surface area contributed by atoms with Gasteiger partial charge in [0.1, 0.15) is 23.9 Å². The van der Waals surface area contributed by atoms with Gasteiger partial charge in [0.15, 0.2) is 16.6 Å². The van der Waals surface area contributed by atoms with Crippen molar-refractivity contribution in [2.45, 2.75) is 19.6 Å². The van der Waals surface area contributed by atoms with Crippen LogP contribution in [0.3, 0.4) is 0 Å². The summed E-state index contributed by atoms with van der Waals surface area (Å²) in [6.45, 7) is 2.54. The Kier molecular flexibility index (Phi) is 8.39. The lowest BCUT2D eigenvalue weighted by Crippen LogP contribution is -2.29. The predicted octanol–water partition coefficient (Wildman–Crippen LogP) is 6.92. The van der Waals surface area contributed by atoms with Crippen molar-refractivity contribution in [2.24, 2.45) is 0 Å². The second-order valence-electron chi connectivity index (χ2n) is 10.1. The molecule has 0 bridgehead atoms. The highest BCUT2D eigenvalue weighted by Crippen LogP contribution is 2.46. The molecule has 6 rings (SSSR count). The van der Waals surface area contributed by atoms with Crippen molar-refractivity contribution in [3.8, 4) is 23.0 Å². The van der Waals surface area contributed by atoms with Crippen LogP contribution in [0.2, 0.25) is 0 Å². The Balaban J connectivity index is 1.48. The average molecular weight is 623 g/mol. The molecule has 1 atom stereocenters. The van der Waals surface area contributed by atoms with E-state index in [0.29, 0.717) is 58.0 Å². The lowest BCUT2D eigenvalue weighted by atomic mass is 9.95. The van der Waals surface area contributed by atoms with Crippen LogP contribution in [0.15, 0.2) is 96.6 Å². The van der Waals surface area contributed by atoms with Crippen molar-refractivity contribution in [3.05, 3.63) is 113 Å². The quantitative estimate of drug-likeness (QED) is 0.102. The van der Waals surface area contributed by atoms with E-state index in [9.17, 15) is 14.7 Å². The lowest BCUT2D eigenvalue weighted by molar-refractivity contribution is -0.132. The zero-order chi connectivity index (χ0) is 31.5. The van der Waals surface area contributed by atoms with Gasteiger partial charge < -0.3 is 24.1 Å². The largest absolute Gasteiger partial charge is 0.507 e. The number of aliphatic hydroxyl groups excluding tert-OH is 1. The molecule has 1 aromatic heterocycles. The van der Waals surface area contributed by atoms with Crippen molar-refractivity contribution < 1.29 is 33.6 Å². The third-order valence-corrected chi connectivity index (χ3v) is 8.44. The number of amides is 1. The summed E-state index contributed by atoms with van der Waals surface area (Å²) >= 11 is 1.25. The SMILES string of the molecule is CCOc1cc(C2/C(=C(\O)c3ccc(OC)cc3)C(=O)C(=O)N2c2nc3ccc(OC)cc3s2)ccc1OCc1ccccc1. The third-order valence-electron chi connectivity index (χ3n) is 7.42. The molecule has 1 aliphatic heterocycles. The van der Waals surface area contributed by atoms with Crippen LogP contribution in [0.5, 0.6) is 23.0 Å². The van der Waals surface area contributed by atoms with E-state index in [-0.39, 0.29) is 11.3 Å². The minimum Gasteiger partial charge on any atom is -0.507 e. The van der Waals surface area contributed by atoms with Gasteiger partial charge in [-0.3, -0.25) is 14.5 Å². The number of hydrogen-bond donors (Lipinski definition) is 1. The van der Waals surface area contributed by atoms with Crippen molar-refractivity contribution in [1.29, 1.82) is 0 Å². The first-order valence-corrected chi connectivity index (χ1v) is 15.1. The molecule has 1 fully saturated rings. The number of aromatic nitrogens is 1. The van der Waals surface area contributed by atoms with Gasteiger partial charge in [-0.1, -0.05) is 47.7 Å². The van der Waals surface area contributed by atoms with Gasteiger partial charge in [-0.05, 0) is 72.6 Å². The highest BCUT2D eigenvalue weighted by molar-refractivity contribution is 7.22. The highest BCUT2D eigenvalue weighted by atomic mass is 32.1. The normalized spacial score (nSPS) is 15.8. The Bertz CT molecular complexity index is 1900. The Morgan fingerprint density at radius 2 is 1.60 bits per heavy atom. The molecule has 0 aliphatic carbocycles. The summed E-state index contributed by atoms with van der Waals surface area (Å²) in [5.41, 5.74) is 2.47. The zero-order valence-electron chi connectivity index (χ0n) is 24.9. The van der Waals surface area contributed by atoms with Crippen LogP contribution in [-0.2, 0) is 16.2 Å². The smallest absolute Gasteiger partial charge is 0.301 e. The Morgan fingerprint density at radius 3 is 2.31 bits per heavy atom. The monoisotopic (exact) mass is 622 g/mol. The molecule has 0 saturated carbocycles. The number of carbonyl (C=O) groups is 2. The number of Topliss-reactive ketones (excluding diaryl/α,β-unsaturated/α-hetero) is 1. The van der Waals surface area contributed by atoms with E-state index in [4.69, 9.17) is 23.9 Å². The lowest BCUT2D eigenvalue weighted by Gasteiger charge is -2.24. The van der Waals surface area contributed by atoms with Gasteiger partial charge in [-0.2, -0.15) is 0 Å². The summed E-state index contributed by atoms with van der Waals surface area (Å²) in [5.74, 6) is 0.229. The first-order valence-electron chi connectivity index (χ1n) is 14.2. The zero-order valence-corrected chi connectivity index (χ0v) is 25.7. The molecular formula is C35H30N2O7S. The number of nitrogens with zero attached hydrogens (tertiary/aromatic N) is 2. The minimum atomic E-state index is -1.00. The van der Waals surface area contributed by atoms with Gasteiger partial charge in [0.25, 0.3) is 5.78 Å². The van der Waals surface area contributed by atoms with E-state index in [1.165, 1.54) is 23.3 Å². The fourth-order valence-corrected chi connectivity index (χ4v) is 6.21. The second-order valence-corrected chi connectivity index (χ2v) is 11.2. The van der Waals surface area contributed by atoms with Crippen molar-refractivity contribution >= 4 is 44.1 Å². The van der Waals surface area contributed by atoms with Gasteiger partial charge >= 0.3 is 5.91 Å². The number of thiazole rings is 1. The molecule has 2 heterocycles. The molecule has 228 valence electrons. The number of aliphatic hydroxyl groups is 1. The molecule has 0 spiro atoms. The van der Waals surface area contributed by atoms with E-state index in [1.807, 2.05) is 43.3 Å².